The van der Waals surface area contributed by atoms with Gasteiger partial charge in [-0.2, -0.15) is 18.2 Å². The van der Waals surface area contributed by atoms with Crippen molar-refractivity contribution in [3.05, 3.63) is 46.4 Å². The molecule has 242 valence electrons. The fourth-order valence-corrected chi connectivity index (χ4v) is 6.35. The largest absolute Gasteiger partial charge is 0.390 e. The van der Waals surface area contributed by atoms with E-state index in [1.165, 1.54) is 26.5 Å². The van der Waals surface area contributed by atoms with Gasteiger partial charge in [-0.3, -0.25) is 14.1 Å². The summed E-state index contributed by atoms with van der Waals surface area (Å²) in [5.41, 5.74) is -2.24. The standard InChI is InChI=1S/C27H31F7N6O3S/c1-14(2)40-23-16(13-35-25(37-23)36-17-5-6-21(39(3)4)26(30,31)12-17)9-18(24(40)41)15-10-19(28)22(20(29)11-15)38-44(42,43)8-7-27(32,33)34/h9-11,13-14,17,21,38H,5-8,12H2,1-4H3,(H,35,36,37)/t17-,21-/m1/s1. The Morgan fingerprint density at radius 1 is 1.11 bits per heavy atom. The second-order valence-corrected chi connectivity index (χ2v) is 13.1. The van der Waals surface area contributed by atoms with E-state index in [0.29, 0.717) is 18.6 Å². The van der Waals surface area contributed by atoms with Gasteiger partial charge in [0.15, 0.2) is 11.6 Å². The van der Waals surface area contributed by atoms with Gasteiger partial charge in [-0.25, -0.2) is 31.0 Å². The monoisotopic (exact) mass is 652 g/mol. The topological polar surface area (TPSA) is 109 Å². The molecule has 2 aromatic heterocycles. The van der Waals surface area contributed by atoms with Crippen LogP contribution >= 0.6 is 0 Å². The molecule has 2 atom stereocenters. The van der Waals surface area contributed by atoms with Crippen LogP contribution in [0.15, 0.2) is 29.2 Å². The summed E-state index contributed by atoms with van der Waals surface area (Å²) in [4.78, 5) is 23.6. The number of nitrogens with one attached hydrogen (secondary N) is 2. The first-order valence-electron chi connectivity index (χ1n) is 13.6. The first kappa shape index (κ1) is 33.4. The van der Waals surface area contributed by atoms with Crippen LogP contribution in [0.5, 0.6) is 0 Å². The van der Waals surface area contributed by atoms with Crippen molar-refractivity contribution in [1.82, 2.24) is 19.4 Å². The van der Waals surface area contributed by atoms with Crippen LogP contribution in [0.3, 0.4) is 0 Å². The predicted octanol–water partition coefficient (Wildman–Crippen LogP) is 5.54. The van der Waals surface area contributed by atoms with E-state index < -0.39 is 81.7 Å². The van der Waals surface area contributed by atoms with Crippen LogP contribution in [0, 0.1) is 11.6 Å². The number of anilines is 2. The Morgan fingerprint density at radius 2 is 1.75 bits per heavy atom. The van der Waals surface area contributed by atoms with E-state index in [1.54, 1.807) is 27.9 Å². The fraction of sp³-hybridized carbons (Fsp3) is 0.519. The van der Waals surface area contributed by atoms with E-state index in [-0.39, 0.29) is 34.5 Å². The Balaban J connectivity index is 1.67. The van der Waals surface area contributed by atoms with Gasteiger partial charge in [0.05, 0.1) is 18.2 Å². The molecule has 2 heterocycles. The third-order valence-electron chi connectivity index (χ3n) is 7.31. The Labute approximate surface area is 248 Å². The van der Waals surface area contributed by atoms with Crippen LogP contribution in [0.2, 0.25) is 0 Å². The van der Waals surface area contributed by atoms with Crippen molar-refractivity contribution in [2.75, 3.05) is 29.9 Å². The molecule has 4 rings (SSSR count). The summed E-state index contributed by atoms with van der Waals surface area (Å²) >= 11 is 0. The number of pyridine rings is 1. The molecule has 2 N–H and O–H groups in total. The molecule has 0 radical (unpaired) electrons. The summed E-state index contributed by atoms with van der Waals surface area (Å²) in [6.07, 6.45) is -4.97. The summed E-state index contributed by atoms with van der Waals surface area (Å²) in [6, 6.07) is 0.575. The van der Waals surface area contributed by atoms with Crippen LogP contribution in [0.4, 0.5) is 42.4 Å². The normalized spacial score (nSPS) is 19.1. The average molecular weight is 653 g/mol. The molecular weight excluding hydrogens is 621 g/mol. The molecule has 44 heavy (non-hydrogen) atoms. The number of halogens is 7. The third-order valence-corrected chi connectivity index (χ3v) is 8.56. The maximum Gasteiger partial charge on any atom is 0.390 e. The molecule has 0 spiro atoms. The molecule has 0 aliphatic heterocycles. The highest BCUT2D eigenvalue weighted by Gasteiger charge is 2.46. The number of rotatable bonds is 9. The Kier molecular flexibility index (Phi) is 9.22. The number of sulfonamides is 1. The maximum absolute atomic E-state index is 14.9. The highest BCUT2D eigenvalue weighted by atomic mass is 32.2. The van der Waals surface area contributed by atoms with E-state index in [1.807, 2.05) is 0 Å². The molecule has 0 unspecified atom stereocenters. The van der Waals surface area contributed by atoms with E-state index in [0.717, 1.165) is 0 Å². The van der Waals surface area contributed by atoms with E-state index in [9.17, 15) is 43.9 Å². The first-order chi connectivity index (χ1) is 20.3. The van der Waals surface area contributed by atoms with E-state index in [2.05, 4.69) is 15.3 Å². The zero-order chi connectivity index (χ0) is 32.8. The summed E-state index contributed by atoms with van der Waals surface area (Å²) < 4.78 is 123. The van der Waals surface area contributed by atoms with Gasteiger partial charge in [0.25, 0.3) is 11.5 Å². The highest BCUT2D eigenvalue weighted by molar-refractivity contribution is 7.92. The Morgan fingerprint density at radius 3 is 2.30 bits per heavy atom. The van der Waals surface area contributed by atoms with Crippen molar-refractivity contribution in [3.8, 4) is 11.1 Å². The molecule has 1 aromatic carbocycles. The maximum atomic E-state index is 14.9. The SMILES string of the molecule is CC(C)n1c(=O)c(-c2cc(F)c(NS(=O)(=O)CCC(F)(F)F)c(F)c2)cc2cnc(N[C@@H]3CC[C@@H](N(C)C)C(F)(F)C3)nc21. The fourth-order valence-electron chi connectivity index (χ4n) is 5.24. The van der Waals surface area contributed by atoms with Crippen molar-refractivity contribution < 1.29 is 39.2 Å². The van der Waals surface area contributed by atoms with Gasteiger partial charge in [0.2, 0.25) is 16.0 Å². The van der Waals surface area contributed by atoms with Gasteiger partial charge >= 0.3 is 6.18 Å². The number of aromatic nitrogens is 3. The number of hydrogen-bond donors (Lipinski definition) is 2. The second-order valence-electron chi connectivity index (χ2n) is 11.3. The van der Waals surface area contributed by atoms with Gasteiger partial charge in [0.1, 0.15) is 11.3 Å². The first-order valence-corrected chi connectivity index (χ1v) is 15.2. The summed E-state index contributed by atoms with van der Waals surface area (Å²) in [5.74, 6) is -7.29. The minimum Gasteiger partial charge on any atom is -0.351 e. The van der Waals surface area contributed by atoms with Gasteiger partial charge in [-0.15, -0.1) is 0 Å². The third kappa shape index (κ3) is 7.42. The molecule has 0 bridgehead atoms. The summed E-state index contributed by atoms with van der Waals surface area (Å²) in [7, 11) is -1.56. The zero-order valence-corrected chi connectivity index (χ0v) is 25.0. The lowest BCUT2D eigenvalue weighted by Crippen LogP contribution is -2.51. The van der Waals surface area contributed by atoms with Gasteiger partial charge in [0, 0.05) is 35.7 Å². The molecule has 1 aliphatic carbocycles. The highest BCUT2D eigenvalue weighted by Crippen LogP contribution is 2.37. The van der Waals surface area contributed by atoms with Crippen molar-refractivity contribution in [3.63, 3.8) is 0 Å². The number of nitrogens with zero attached hydrogens (tertiary/aromatic N) is 4. The minimum atomic E-state index is -4.80. The molecule has 3 aromatic rings. The van der Waals surface area contributed by atoms with Crippen LogP contribution in [-0.2, 0) is 10.0 Å². The molecular formula is C27H31F7N6O3S. The molecule has 1 fully saturated rings. The smallest absolute Gasteiger partial charge is 0.351 e. The second kappa shape index (κ2) is 12.1. The van der Waals surface area contributed by atoms with Crippen molar-refractivity contribution in [2.24, 2.45) is 0 Å². The van der Waals surface area contributed by atoms with Crippen molar-refractivity contribution in [1.29, 1.82) is 0 Å². The summed E-state index contributed by atoms with van der Waals surface area (Å²) in [6.45, 7) is 3.31. The van der Waals surface area contributed by atoms with Gasteiger partial charge < -0.3 is 10.2 Å². The Hall–Kier alpha value is -3.47. The summed E-state index contributed by atoms with van der Waals surface area (Å²) in [5, 5.41) is 3.20. The Bertz CT molecular complexity index is 1690. The lowest BCUT2D eigenvalue weighted by molar-refractivity contribution is -0.129. The lowest BCUT2D eigenvalue weighted by Gasteiger charge is -2.39. The molecule has 1 saturated carbocycles. The van der Waals surface area contributed by atoms with E-state index in [4.69, 9.17) is 0 Å². The lowest BCUT2D eigenvalue weighted by atomic mass is 9.87. The van der Waals surface area contributed by atoms with Crippen LogP contribution in [0.25, 0.3) is 22.2 Å². The van der Waals surface area contributed by atoms with Gasteiger partial charge in [-0.05, 0) is 64.5 Å². The molecule has 9 nitrogen and oxygen atoms in total. The van der Waals surface area contributed by atoms with Crippen molar-refractivity contribution in [2.45, 2.75) is 69.8 Å². The number of fused-ring (bicyclic) bond motifs is 1. The number of hydrogen-bond acceptors (Lipinski definition) is 7. The van der Waals surface area contributed by atoms with E-state index >= 15 is 0 Å². The van der Waals surface area contributed by atoms with Crippen LogP contribution in [0.1, 0.15) is 45.6 Å². The van der Waals surface area contributed by atoms with Gasteiger partial charge in [-0.1, -0.05) is 0 Å². The quantitative estimate of drug-likeness (QED) is 0.292. The number of alkyl halides is 5. The number of benzene rings is 1. The zero-order valence-electron chi connectivity index (χ0n) is 24.1. The average Bonchev–Trinajstić information content (AvgIpc) is 2.88. The van der Waals surface area contributed by atoms with Crippen LogP contribution < -0.4 is 15.6 Å². The molecule has 1 aliphatic rings. The van der Waals surface area contributed by atoms with Crippen LogP contribution in [-0.4, -0.2) is 71.9 Å². The predicted molar refractivity (Wildman–Crippen MR) is 151 cm³/mol. The molecule has 0 saturated heterocycles. The molecule has 17 heteroatoms. The van der Waals surface area contributed by atoms with Crippen molar-refractivity contribution >= 4 is 32.7 Å². The molecule has 0 amide bonds. The minimum absolute atomic E-state index is 0.0161.